The van der Waals surface area contributed by atoms with E-state index in [0.717, 1.165) is 6.07 Å². The molecule has 1 heterocycles. The maximum atomic E-state index is 11.9. The molecule has 2 N–H and O–H groups in total. The van der Waals surface area contributed by atoms with Crippen molar-refractivity contribution in [3.05, 3.63) is 47.6 Å². The average Bonchev–Trinajstić information content (AvgIpc) is 2.32. The molecular formula is C11H9ClN2O3S. The highest BCUT2D eigenvalue weighted by molar-refractivity contribution is 7.92. The van der Waals surface area contributed by atoms with E-state index in [1.54, 1.807) is 0 Å². The highest BCUT2D eigenvalue weighted by Crippen LogP contribution is 2.19. The predicted molar refractivity (Wildman–Crippen MR) is 68.2 cm³/mol. The first-order valence-corrected chi connectivity index (χ1v) is 6.77. The topological polar surface area (TPSA) is 79.3 Å². The maximum Gasteiger partial charge on any atom is 0.263 e. The van der Waals surface area contributed by atoms with Crippen molar-refractivity contribution in [2.45, 2.75) is 4.90 Å². The quantitative estimate of drug-likeness (QED) is 0.906. The Hall–Kier alpha value is -1.79. The number of rotatable bonds is 3. The number of phenols is 1. The van der Waals surface area contributed by atoms with Crippen molar-refractivity contribution in [2.24, 2.45) is 0 Å². The molecule has 0 aliphatic heterocycles. The summed E-state index contributed by atoms with van der Waals surface area (Å²) >= 11 is 5.65. The van der Waals surface area contributed by atoms with Gasteiger partial charge in [0.25, 0.3) is 10.0 Å². The summed E-state index contributed by atoms with van der Waals surface area (Å²) < 4.78 is 26.2. The molecule has 0 aliphatic carbocycles. The van der Waals surface area contributed by atoms with Crippen LogP contribution in [0.25, 0.3) is 0 Å². The van der Waals surface area contributed by atoms with Gasteiger partial charge in [-0.1, -0.05) is 17.7 Å². The summed E-state index contributed by atoms with van der Waals surface area (Å²) in [5, 5.41) is 9.67. The first kappa shape index (κ1) is 12.7. The molecule has 0 fully saturated rings. The lowest BCUT2D eigenvalue weighted by Gasteiger charge is -2.07. The molecule has 2 aromatic rings. The van der Waals surface area contributed by atoms with Crippen molar-refractivity contribution >= 4 is 27.4 Å². The van der Waals surface area contributed by atoms with E-state index in [0.29, 0.717) is 5.02 Å². The van der Waals surface area contributed by atoms with E-state index in [1.165, 1.54) is 36.5 Å². The number of aromatic hydroxyl groups is 1. The van der Waals surface area contributed by atoms with Crippen LogP contribution < -0.4 is 4.72 Å². The van der Waals surface area contributed by atoms with Crippen molar-refractivity contribution in [1.29, 1.82) is 0 Å². The average molecular weight is 285 g/mol. The van der Waals surface area contributed by atoms with E-state index < -0.39 is 10.0 Å². The number of hydrogen-bond donors (Lipinski definition) is 2. The van der Waals surface area contributed by atoms with Crippen LogP contribution >= 0.6 is 11.6 Å². The third kappa shape index (κ3) is 2.91. The monoisotopic (exact) mass is 284 g/mol. The molecule has 0 amide bonds. The number of halogens is 1. The fourth-order valence-electron chi connectivity index (χ4n) is 1.28. The number of sulfonamides is 1. The fraction of sp³-hybridized carbons (Fsp3) is 0. The number of benzene rings is 1. The largest absolute Gasteiger partial charge is 0.508 e. The number of anilines is 1. The van der Waals surface area contributed by atoms with Crippen LogP contribution in [-0.4, -0.2) is 18.5 Å². The second kappa shape index (κ2) is 4.83. The summed E-state index contributed by atoms with van der Waals surface area (Å²) in [5.41, 5.74) is 0. The summed E-state index contributed by atoms with van der Waals surface area (Å²) in [7, 11) is -3.76. The van der Waals surface area contributed by atoms with Gasteiger partial charge in [-0.05, 0) is 24.3 Å². The van der Waals surface area contributed by atoms with Crippen LogP contribution in [0.2, 0.25) is 5.02 Å². The second-order valence-corrected chi connectivity index (χ2v) is 5.58. The van der Waals surface area contributed by atoms with Crippen LogP contribution in [0.1, 0.15) is 0 Å². The third-order valence-electron chi connectivity index (χ3n) is 2.09. The second-order valence-electron chi connectivity index (χ2n) is 3.46. The van der Waals surface area contributed by atoms with Crippen molar-refractivity contribution in [3.8, 4) is 5.75 Å². The van der Waals surface area contributed by atoms with Crippen LogP contribution in [-0.2, 0) is 10.0 Å². The molecule has 18 heavy (non-hydrogen) atoms. The Morgan fingerprint density at radius 3 is 2.61 bits per heavy atom. The molecule has 0 unspecified atom stereocenters. The highest BCUT2D eigenvalue weighted by atomic mass is 35.5. The molecule has 0 spiro atoms. The van der Waals surface area contributed by atoms with Gasteiger partial charge in [0.05, 0.1) is 9.92 Å². The minimum atomic E-state index is -3.76. The van der Waals surface area contributed by atoms with Gasteiger partial charge in [0.2, 0.25) is 0 Å². The van der Waals surface area contributed by atoms with E-state index >= 15 is 0 Å². The summed E-state index contributed by atoms with van der Waals surface area (Å²) in [6.45, 7) is 0. The lowest BCUT2D eigenvalue weighted by Crippen LogP contribution is -2.13. The first-order chi connectivity index (χ1) is 8.47. The minimum Gasteiger partial charge on any atom is -0.508 e. The molecule has 0 saturated heterocycles. The van der Waals surface area contributed by atoms with E-state index in [1.807, 2.05) is 0 Å². The highest BCUT2D eigenvalue weighted by Gasteiger charge is 2.15. The first-order valence-electron chi connectivity index (χ1n) is 4.91. The summed E-state index contributed by atoms with van der Waals surface area (Å²) in [6, 6.07) is 8.33. The molecule has 1 aromatic carbocycles. The molecule has 0 aliphatic rings. The van der Waals surface area contributed by atoms with Gasteiger partial charge in [0.15, 0.2) is 0 Å². The molecular weight excluding hydrogens is 276 g/mol. The zero-order valence-corrected chi connectivity index (χ0v) is 10.6. The zero-order valence-electron chi connectivity index (χ0n) is 9.04. The van der Waals surface area contributed by atoms with Crippen molar-refractivity contribution in [1.82, 2.24) is 4.98 Å². The number of phenolic OH excluding ortho intramolecular Hbond substituents is 1. The third-order valence-corrected chi connectivity index (χ3v) is 3.67. The van der Waals surface area contributed by atoms with Crippen LogP contribution in [0.4, 0.5) is 5.82 Å². The van der Waals surface area contributed by atoms with Gasteiger partial charge in [0, 0.05) is 12.3 Å². The van der Waals surface area contributed by atoms with Crippen LogP contribution in [0, 0.1) is 0 Å². The summed E-state index contributed by atoms with van der Waals surface area (Å²) in [6.07, 6.45) is 1.34. The van der Waals surface area contributed by atoms with Crippen LogP contribution in [0.3, 0.4) is 0 Å². The lowest BCUT2D eigenvalue weighted by atomic mass is 10.3. The van der Waals surface area contributed by atoms with E-state index in [2.05, 4.69) is 9.71 Å². The molecule has 7 heteroatoms. The van der Waals surface area contributed by atoms with E-state index in [-0.39, 0.29) is 16.5 Å². The van der Waals surface area contributed by atoms with Crippen molar-refractivity contribution < 1.29 is 13.5 Å². The Bertz CT molecular complexity index is 656. The lowest BCUT2D eigenvalue weighted by molar-refractivity contribution is 0.473. The molecule has 0 atom stereocenters. The van der Waals surface area contributed by atoms with Gasteiger partial charge in [0.1, 0.15) is 11.6 Å². The molecule has 0 bridgehead atoms. The van der Waals surface area contributed by atoms with Gasteiger partial charge < -0.3 is 5.11 Å². The Labute approximate surface area is 109 Å². The number of pyridine rings is 1. The fourth-order valence-corrected chi connectivity index (χ4v) is 2.44. The molecule has 94 valence electrons. The smallest absolute Gasteiger partial charge is 0.263 e. The van der Waals surface area contributed by atoms with Crippen molar-refractivity contribution in [2.75, 3.05) is 4.72 Å². The minimum absolute atomic E-state index is 0.0424. The number of aromatic nitrogens is 1. The summed E-state index contributed by atoms with van der Waals surface area (Å²) in [4.78, 5) is 3.78. The van der Waals surface area contributed by atoms with Gasteiger partial charge in [-0.25, -0.2) is 13.4 Å². The van der Waals surface area contributed by atoms with Gasteiger partial charge in [-0.15, -0.1) is 0 Å². The van der Waals surface area contributed by atoms with Gasteiger partial charge >= 0.3 is 0 Å². The van der Waals surface area contributed by atoms with Crippen molar-refractivity contribution in [3.63, 3.8) is 0 Å². The normalized spacial score (nSPS) is 11.2. The van der Waals surface area contributed by atoms with Crippen LogP contribution in [0.5, 0.6) is 5.75 Å². The van der Waals surface area contributed by atoms with Crippen LogP contribution in [0.15, 0.2) is 47.5 Å². The molecule has 0 saturated carbocycles. The SMILES string of the molecule is O=S(=O)(Nc1ccc(Cl)cn1)c1cccc(O)c1. The number of nitrogens with one attached hydrogen (secondary N) is 1. The molecule has 1 aromatic heterocycles. The summed E-state index contributed by atoms with van der Waals surface area (Å²) in [5.74, 6) is 0.0321. The Kier molecular flexibility index (Phi) is 3.40. The molecule has 5 nitrogen and oxygen atoms in total. The standard InChI is InChI=1S/C11H9ClN2O3S/c12-8-4-5-11(13-7-8)14-18(16,17)10-3-1-2-9(15)6-10/h1-7,15H,(H,13,14). The molecule has 0 radical (unpaired) electrons. The van der Waals surface area contributed by atoms with E-state index in [4.69, 9.17) is 11.6 Å². The molecule has 2 rings (SSSR count). The Morgan fingerprint density at radius 1 is 1.22 bits per heavy atom. The number of hydrogen-bond acceptors (Lipinski definition) is 4. The van der Waals surface area contributed by atoms with Gasteiger partial charge in [-0.3, -0.25) is 4.72 Å². The zero-order chi connectivity index (χ0) is 13.2. The Balaban J connectivity index is 2.30. The maximum absolute atomic E-state index is 11.9. The number of nitrogens with zero attached hydrogens (tertiary/aromatic N) is 1. The Morgan fingerprint density at radius 2 is 2.00 bits per heavy atom. The predicted octanol–water partition coefficient (Wildman–Crippen LogP) is 2.24. The van der Waals surface area contributed by atoms with Gasteiger partial charge in [-0.2, -0.15) is 0 Å². The van der Waals surface area contributed by atoms with E-state index in [9.17, 15) is 13.5 Å².